The van der Waals surface area contributed by atoms with Crippen LogP contribution in [0.5, 0.6) is 5.75 Å². The quantitative estimate of drug-likeness (QED) is 0.0232. The van der Waals surface area contributed by atoms with Crippen molar-refractivity contribution < 1.29 is 68.3 Å². The van der Waals surface area contributed by atoms with E-state index < -0.39 is 60.3 Å². The fourth-order valence-corrected chi connectivity index (χ4v) is 8.63. The topological polar surface area (TPSA) is 293 Å². The van der Waals surface area contributed by atoms with Gasteiger partial charge < -0.3 is 50.5 Å². The van der Waals surface area contributed by atoms with Gasteiger partial charge in [0.15, 0.2) is 25.0 Å². The van der Waals surface area contributed by atoms with Gasteiger partial charge in [-0.15, -0.1) is 0 Å². The molecule has 7 N–H and O–H groups in total. The Morgan fingerprint density at radius 2 is 1.56 bits per heavy atom. The molecule has 368 valence electrons. The van der Waals surface area contributed by atoms with Gasteiger partial charge in [0.1, 0.15) is 24.1 Å². The molecule has 5 rings (SSSR count). The fraction of sp³-hybridized carbons (Fsp3) is 0.562. The van der Waals surface area contributed by atoms with Crippen LogP contribution in [0.4, 0.5) is 5.69 Å². The molecule has 0 unspecified atom stereocenters. The molecule has 20 nitrogen and oxygen atoms in total. The number of hydrogen-bond acceptors (Lipinski definition) is 14. The standard InChI is InChI=1S/C48H63N7O13/c1-53(29-48(30-56)20-8-9-21-48)39(59)11-7-5-3-2-4-6-10-34(51-31-49)26-32-17-23-54(24-18-32)28-33-12-13-36(67-47-44(64)42(62)43(63)45(68-47)46(65)66)35(27-33)52-38(58)16-22-50-37(57)19-25-55-40(60)14-15-41(55)61/h12-15,17-18,23-24,27,42-45,47,56,62-64H,2-11,16,19-22,25-26,28-30H2,1H3,(H2-,50,52,57,58,65,66)/p+1/t42-,43-,44+,45-,47+/m0/s1. The number of anilines is 1. The third-order valence-corrected chi connectivity index (χ3v) is 12.6. The van der Waals surface area contributed by atoms with Crippen molar-refractivity contribution in [1.29, 1.82) is 5.26 Å². The van der Waals surface area contributed by atoms with Crippen LogP contribution in [-0.4, -0.2) is 141 Å². The number of rotatable bonds is 26. The number of aliphatic carboxylic acids is 1. The number of carbonyl (C=O) groups is 6. The lowest BCUT2D eigenvalue weighted by Crippen LogP contribution is -2.61. The number of ether oxygens (including phenoxy) is 2. The lowest BCUT2D eigenvalue weighted by atomic mass is 9.86. The van der Waals surface area contributed by atoms with Crippen LogP contribution in [-0.2, 0) is 46.5 Å². The first-order chi connectivity index (χ1) is 32.6. The molecule has 3 heterocycles. The van der Waals surface area contributed by atoms with Gasteiger partial charge in [0.05, 0.1) is 12.3 Å². The number of carbonyl (C=O) groups excluding carboxylic acids is 5. The first-order valence-corrected chi connectivity index (χ1v) is 23.2. The Hall–Kier alpha value is -6.11. The summed E-state index contributed by atoms with van der Waals surface area (Å²) in [4.78, 5) is 80.3. The number of nitrogens with one attached hydrogen (secondary N) is 2. The number of aromatic nitrogens is 1. The predicted octanol–water partition coefficient (Wildman–Crippen LogP) is 1.65. The highest BCUT2D eigenvalue weighted by Crippen LogP contribution is 2.38. The molecule has 1 aromatic heterocycles. The van der Waals surface area contributed by atoms with Crippen molar-refractivity contribution in [2.45, 2.75) is 134 Å². The van der Waals surface area contributed by atoms with Crippen LogP contribution in [0.3, 0.4) is 0 Å². The molecule has 3 aliphatic rings. The number of aliphatic hydroxyl groups excluding tert-OH is 4. The van der Waals surface area contributed by atoms with E-state index in [1.807, 2.05) is 42.3 Å². The first kappa shape index (κ1) is 52.9. The number of benzene rings is 1. The van der Waals surface area contributed by atoms with E-state index in [0.29, 0.717) is 37.9 Å². The van der Waals surface area contributed by atoms with Gasteiger partial charge in [-0.1, -0.05) is 38.5 Å². The molecule has 0 spiro atoms. The van der Waals surface area contributed by atoms with Crippen molar-refractivity contribution in [3.05, 3.63) is 66.0 Å². The molecule has 1 aliphatic carbocycles. The lowest BCUT2D eigenvalue weighted by molar-refractivity contribution is -0.688. The van der Waals surface area contributed by atoms with Gasteiger partial charge >= 0.3 is 5.97 Å². The average Bonchev–Trinajstić information content (AvgIpc) is 3.92. The Balaban J connectivity index is 1.11. The molecule has 5 amide bonds. The first-order valence-electron chi connectivity index (χ1n) is 23.2. The third kappa shape index (κ3) is 15.5. The van der Waals surface area contributed by atoms with Crippen molar-refractivity contribution in [3.63, 3.8) is 0 Å². The minimum atomic E-state index is -1.95. The van der Waals surface area contributed by atoms with E-state index in [9.17, 15) is 59.6 Å². The van der Waals surface area contributed by atoms with Gasteiger partial charge in [-0.2, -0.15) is 10.3 Å². The summed E-state index contributed by atoms with van der Waals surface area (Å²) in [5.41, 5.74) is 2.33. The Labute approximate surface area is 395 Å². The number of nitrogens with zero attached hydrogens (tertiary/aromatic N) is 5. The molecular weight excluding hydrogens is 883 g/mol. The van der Waals surface area contributed by atoms with E-state index in [-0.39, 0.29) is 55.3 Å². The van der Waals surface area contributed by atoms with Gasteiger partial charge in [-0.25, -0.2) is 9.36 Å². The minimum absolute atomic E-state index is 0.0661. The second kappa shape index (κ2) is 25.9. The molecule has 1 saturated carbocycles. The summed E-state index contributed by atoms with van der Waals surface area (Å²) in [5.74, 6) is -3.64. The van der Waals surface area contributed by atoms with Crippen LogP contribution in [0.25, 0.3) is 0 Å². The molecular formula is C48H64N7O13+. The van der Waals surface area contributed by atoms with E-state index >= 15 is 0 Å². The van der Waals surface area contributed by atoms with Gasteiger partial charge in [-0.3, -0.25) is 28.9 Å². The fourth-order valence-electron chi connectivity index (χ4n) is 8.63. The highest BCUT2D eigenvalue weighted by molar-refractivity contribution is 6.13. The molecule has 1 saturated heterocycles. The normalized spacial score (nSPS) is 21.1. The van der Waals surface area contributed by atoms with E-state index in [1.54, 1.807) is 17.0 Å². The molecule has 2 aromatic rings. The maximum absolute atomic E-state index is 13.2. The molecule has 5 atom stereocenters. The number of nitriles is 1. The number of carboxylic acids is 1. The maximum atomic E-state index is 13.2. The summed E-state index contributed by atoms with van der Waals surface area (Å²) in [7, 11) is 1.84. The summed E-state index contributed by atoms with van der Waals surface area (Å²) in [6.07, 6.45) is 9.54. The Bertz CT molecular complexity index is 2170. The number of unbranched alkanes of at least 4 members (excludes halogenated alkanes) is 5. The Kier molecular flexibility index (Phi) is 20.1. The van der Waals surface area contributed by atoms with Crippen molar-refractivity contribution in [2.75, 3.05) is 38.6 Å². The van der Waals surface area contributed by atoms with Gasteiger partial charge in [0, 0.05) is 93.3 Å². The van der Waals surface area contributed by atoms with Crippen LogP contribution in [0.2, 0.25) is 0 Å². The van der Waals surface area contributed by atoms with Crippen molar-refractivity contribution in [1.82, 2.24) is 15.1 Å². The number of amides is 5. The highest BCUT2D eigenvalue weighted by atomic mass is 16.7. The van der Waals surface area contributed by atoms with Crippen LogP contribution in [0.1, 0.15) is 101 Å². The summed E-state index contributed by atoms with van der Waals surface area (Å²) in [6.45, 7) is 0.820. The zero-order chi connectivity index (χ0) is 49.2. The lowest BCUT2D eigenvalue weighted by Gasteiger charge is -2.38. The van der Waals surface area contributed by atoms with Crippen LogP contribution in [0, 0.1) is 16.9 Å². The largest absolute Gasteiger partial charge is 0.479 e. The molecule has 2 aliphatic heterocycles. The van der Waals surface area contributed by atoms with Gasteiger partial charge in [-0.05, 0) is 55.9 Å². The second-order valence-electron chi connectivity index (χ2n) is 17.8. The van der Waals surface area contributed by atoms with Crippen molar-refractivity contribution >= 4 is 46.9 Å². The van der Waals surface area contributed by atoms with Gasteiger partial charge in [0.25, 0.3) is 11.8 Å². The monoisotopic (exact) mass is 946 g/mol. The summed E-state index contributed by atoms with van der Waals surface area (Å²) in [6, 6.07) is 8.53. The number of aliphatic imine (C=N–C) groups is 1. The summed E-state index contributed by atoms with van der Waals surface area (Å²) >= 11 is 0. The van der Waals surface area contributed by atoms with E-state index in [2.05, 4.69) is 15.6 Å². The second-order valence-corrected chi connectivity index (χ2v) is 17.8. The third-order valence-electron chi connectivity index (χ3n) is 12.6. The number of hydrogen-bond donors (Lipinski definition) is 7. The Morgan fingerprint density at radius 3 is 2.21 bits per heavy atom. The van der Waals surface area contributed by atoms with E-state index in [1.165, 1.54) is 6.07 Å². The van der Waals surface area contributed by atoms with Crippen LogP contribution in [0.15, 0.2) is 59.9 Å². The number of pyridine rings is 1. The van der Waals surface area contributed by atoms with Crippen molar-refractivity contribution in [3.8, 4) is 11.9 Å². The summed E-state index contributed by atoms with van der Waals surface area (Å²) in [5, 5.41) is 65.1. The Morgan fingerprint density at radius 1 is 0.897 bits per heavy atom. The van der Waals surface area contributed by atoms with E-state index in [0.717, 1.165) is 92.5 Å². The summed E-state index contributed by atoms with van der Waals surface area (Å²) < 4.78 is 13.0. The highest BCUT2D eigenvalue weighted by Gasteiger charge is 2.48. The molecule has 0 radical (unpaired) electrons. The molecule has 2 fully saturated rings. The zero-order valence-electron chi connectivity index (χ0n) is 38.5. The smallest absolute Gasteiger partial charge is 0.335 e. The molecule has 1 aromatic carbocycles. The minimum Gasteiger partial charge on any atom is -0.479 e. The maximum Gasteiger partial charge on any atom is 0.335 e. The van der Waals surface area contributed by atoms with E-state index in [4.69, 9.17) is 9.47 Å². The van der Waals surface area contributed by atoms with Gasteiger partial charge in [0.2, 0.25) is 30.2 Å². The number of carboxylic acid groups (broad SMARTS) is 1. The zero-order valence-corrected chi connectivity index (χ0v) is 38.5. The molecule has 0 bridgehead atoms. The van der Waals surface area contributed by atoms with Crippen LogP contribution < -0.4 is 19.9 Å². The average molecular weight is 947 g/mol. The number of aliphatic hydroxyl groups is 4. The SMILES string of the molecule is CN(CC1(CO)CCCC1)C(=O)CCCCCCCCC(Cc1cc[n+](Cc2ccc(O[C@@H]3O[C@H](C(=O)O)[C@@H](O)[C@H](O)[C@H]3O)c(NC(=O)CCNC(=O)CCN3C(=O)C=CC3=O)c2)cc1)=NC#N. The number of imide groups is 1. The predicted molar refractivity (Wildman–Crippen MR) is 243 cm³/mol. The molecule has 20 heteroatoms. The van der Waals surface area contributed by atoms with Crippen molar-refractivity contribution in [2.24, 2.45) is 10.4 Å². The van der Waals surface area contributed by atoms with Crippen LogP contribution >= 0.6 is 0 Å². The molecule has 68 heavy (non-hydrogen) atoms.